The van der Waals surface area contributed by atoms with Gasteiger partial charge in [-0.2, -0.15) is 0 Å². The molecule has 0 bridgehead atoms. The Balaban J connectivity index is 2.22. The lowest BCUT2D eigenvalue weighted by Gasteiger charge is -2.09. The number of phenolic OH excluding ortho intramolecular Hbond substituents is 2. The predicted molar refractivity (Wildman–Crippen MR) is 77.3 cm³/mol. The van der Waals surface area contributed by atoms with Crippen LogP contribution in [-0.2, 0) is 0 Å². The first-order valence-electron chi connectivity index (χ1n) is 5.99. The highest BCUT2D eigenvalue weighted by Crippen LogP contribution is 2.33. The Morgan fingerprint density at radius 1 is 1.05 bits per heavy atom. The first-order chi connectivity index (χ1) is 10.1. The van der Waals surface area contributed by atoms with Crippen LogP contribution in [0.1, 0.15) is 0 Å². The molecule has 0 saturated heterocycles. The van der Waals surface area contributed by atoms with Crippen LogP contribution in [-0.4, -0.2) is 25.0 Å². The number of rotatable bonds is 2. The van der Waals surface area contributed by atoms with Gasteiger partial charge in [0.1, 0.15) is 17.3 Å². The minimum atomic E-state index is -0.408. The van der Waals surface area contributed by atoms with Crippen LogP contribution in [0.2, 0.25) is 0 Å². The zero-order chi connectivity index (χ0) is 15.0. The summed E-state index contributed by atoms with van der Waals surface area (Å²) in [7, 11) is 0. The zero-order valence-corrected chi connectivity index (χ0v) is 11.5. The summed E-state index contributed by atoms with van der Waals surface area (Å²) in [5.41, 5.74) is 0.831. The van der Waals surface area contributed by atoms with Crippen LogP contribution >= 0.6 is 12.6 Å². The lowest BCUT2D eigenvalue weighted by atomic mass is 10.1. The van der Waals surface area contributed by atoms with Crippen molar-refractivity contribution in [2.24, 2.45) is 0 Å². The fraction of sp³-hybridized carbons (Fsp3) is 0. The van der Waals surface area contributed by atoms with E-state index in [4.69, 9.17) is 0 Å². The van der Waals surface area contributed by atoms with Crippen molar-refractivity contribution in [2.45, 2.75) is 5.16 Å². The van der Waals surface area contributed by atoms with Crippen molar-refractivity contribution < 1.29 is 14.6 Å². The number of hydrogen-bond donors (Lipinski definition) is 3. The highest BCUT2D eigenvalue weighted by Gasteiger charge is 2.17. The Morgan fingerprint density at radius 2 is 1.86 bits per heavy atom. The molecule has 0 atom stereocenters. The summed E-state index contributed by atoms with van der Waals surface area (Å²) < 4.78 is 14.9. The quantitative estimate of drug-likeness (QED) is 0.637. The number of aromatic nitrogens is 3. The number of thiol groups is 1. The molecule has 2 aromatic carbocycles. The van der Waals surface area contributed by atoms with Gasteiger partial charge in [0.15, 0.2) is 11.0 Å². The molecule has 0 spiro atoms. The van der Waals surface area contributed by atoms with Crippen molar-refractivity contribution in [2.75, 3.05) is 0 Å². The molecule has 0 aliphatic rings. The smallest absolute Gasteiger partial charge is 0.193 e. The zero-order valence-electron chi connectivity index (χ0n) is 10.6. The second kappa shape index (κ2) is 5.10. The molecule has 0 saturated carbocycles. The third-order valence-electron chi connectivity index (χ3n) is 2.93. The van der Waals surface area contributed by atoms with Crippen LogP contribution in [0.25, 0.3) is 17.1 Å². The monoisotopic (exact) mass is 303 g/mol. The lowest BCUT2D eigenvalue weighted by Crippen LogP contribution is -1.99. The highest BCUT2D eigenvalue weighted by atomic mass is 32.1. The maximum atomic E-state index is 13.4. The summed E-state index contributed by atoms with van der Waals surface area (Å²) in [5, 5.41) is 27.3. The van der Waals surface area contributed by atoms with Crippen molar-refractivity contribution in [3.63, 3.8) is 0 Å². The molecule has 5 nitrogen and oxygen atoms in total. The average molecular weight is 303 g/mol. The molecule has 0 unspecified atom stereocenters. The summed E-state index contributed by atoms with van der Waals surface area (Å²) in [6.45, 7) is 0. The van der Waals surface area contributed by atoms with E-state index < -0.39 is 5.82 Å². The normalized spacial score (nSPS) is 10.8. The van der Waals surface area contributed by atoms with E-state index in [1.807, 2.05) is 0 Å². The lowest BCUT2D eigenvalue weighted by molar-refractivity contribution is 0.451. The van der Waals surface area contributed by atoms with Crippen LogP contribution in [0.3, 0.4) is 0 Å². The second-order valence-electron chi connectivity index (χ2n) is 4.34. The molecule has 0 fully saturated rings. The molecule has 7 heteroatoms. The molecule has 0 amide bonds. The van der Waals surface area contributed by atoms with E-state index in [0.717, 1.165) is 0 Å². The summed E-state index contributed by atoms with van der Waals surface area (Å²) in [4.78, 5) is 0. The van der Waals surface area contributed by atoms with Gasteiger partial charge in [-0.3, -0.25) is 4.57 Å². The van der Waals surface area contributed by atoms with Gasteiger partial charge < -0.3 is 10.2 Å². The molecule has 0 aliphatic carbocycles. The minimum absolute atomic E-state index is 0.0702. The molecular weight excluding hydrogens is 293 g/mol. The molecule has 0 aliphatic heterocycles. The second-order valence-corrected chi connectivity index (χ2v) is 4.74. The van der Waals surface area contributed by atoms with E-state index in [1.165, 1.54) is 34.9 Å². The fourth-order valence-corrected chi connectivity index (χ4v) is 2.27. The van der Waals surface area contributed by atoms with E-state index in [-0.39, 0.29) is 16.7 Å². The van der Waals surface area contributed by atoms with Crippen molar-refractivity contribution >= 4 is 12.6 Å². The summed E-state index contributed by atoms with van der Waals surface area (Å²) >= 11 is 4.20. The number of nitrogens with zero attached hydrogens (tertiary/aromatic N) is 3. The summed E-state index contributed by atoms with van der Waals surface area (Å²) in [5.74, 6) is -0.342. The van der Waals surface area contributed by atoms with Gasteiger partial charge in [0.25, 0.3) is 0 Å². The van der Waals surface area contributed by atoms with Gasteiger partial charge in [0.05, 0.1) is 11.3 Å². The molecule has 106 valence electrons. The predicted octanol–water partition coefficient (Wildman–Crippen LogP) is 2.77. The van der Waals surface area contributed by atoms with Crippen molar-refractivity contribution in [1.29, 1.82) is 0 Å². The Hall–Kier alpha value is -2.54. The van der Waals surface area contributed by atoms with Crippen LogP contribution in [0.5, 0.6) is 11.5 Å². The first-order valence-corrected chi connectivity index (χ1v) is 6.43. The largest absolute Gasteiger partial charge is 0.508 e. The van der Waals surface area contributed by atoms with Crippen molar-refractivity contribution in [3.8, 4) is 28.6 Å². The molecule has 1 aromatic heterocycles. The van der Waals surface area contributed by atoms with E-state index >= 15 is 0 Å². The van der Waals surface area contributed by atoms with Crippen LogP contribution in [0.15, 0.2) is 47.6 Å². The molecule has 3 rings (SSSR count). The van der Waals surface area contributed by atoms with Crippen molar-refractivity contribution in [1.82, 2.24) is 14.8 Å². The van der Waals surface area contributed by atoms with Gasteiger partial charge in [0.2, 0.25) is 0 Å². The SMILES string of the molecule is Oc1ccc(-c2nnc(S)n2-c2cccc(F)c2)c(O)c1. The number of phenols is 2. The van der Waals surface area contributed by atoms with Gasteiger partial charge in [-0.25, -0.2) is 4.39 Å². The van der Waals surface area contributed by atoms with Gasteiger partial charge in [-0.05, 0) is 30.3 Å². The third-order valence-corrected chi connectivity index (χ3v) is 3.22. The fourth-order valence-electron chi connectivity index (χ4n) is 2.01. The Labute approximate surface area is 124 Å². The average Bonchev–Trinajstić information content (AvgIpc) is 2.80. The van der Waals surface area contributed by atoms with Gasteiger partial charge in [0, 0.05) is 6.07 Å². The van der Waals surface area contributed by atoms with Gasteiger partial charge in [-0.1, -0.05) is 6.07 Å². The third kappa shape index (κ3) is 2.43. The summed E-state index contributed by atoms with van der Waals surface area (Å²) in [6, 6.07) is 9.97. The first kappa shape index (κ1) is 13.4. The van der Waals surface area contributed by atoms with Crippen LogP contribution in [0.4, 0.5) is 4.39 Å². The molecule has 0 radical (unpaired) electrons. The van der Waals surface area contributed by atoms with E-state index in [1.54, 1.807) is 12.1 Å². The van der Waals surface area contributed by atoms with E-state index in [9.17, 15) is 14.6 Å². The molecule has 21 heavy (non-hydrogen) atoms. The summed E-state index contributed by atoms with van der Waals surface area (Å²) in [6.07, 6.45) is 0. The molecule has 2 N–H and O–H groups in total. The highest BCUT2D eigenvalue weighted by molar-refractivity contribution is 7.80. The Kier molecular flexibility index (Phi) is 3.26. The molecular formula is C14H10FN3O2S. The van der Waals surface area contributed by atoms with Crippen LogP contribution < -0.4 is 0 Å². The van der Waals surface area contributed by atoms with Gasteiger partial charge >= 0.3 is 0 Å². The number of hydrogen-bond acceptors (Lipinski definition) is 5. The molecule has 1 heterocycles. The maximum absolute atomic E-state index is 13.4. The number of halogens is 1. The Bertz CT molecular complexity index is 820. The van der Waals surface area contributed by atoms with Gasteiger partial charge in [-0.15, -0.1) is 22.8 Å². The van der Waals surface area contributed by atoms with Crippen molar-refractivity contribution in [3.05, 3.63) is 48.3 Å². The van der Waals surface area contributed by atoms with Crippen LogP contribution in [0, 0.1) is 5.82 Å². The van der Waals surface area contributed by atoms with E-state index in [2.05, 4.69) is 22.8 Å². The molecule has 3 aromatic rings. The number of benzene rings is 2. The van der Waals surface area contributed by atoms with E-state index in [0.29, 0.717) is 17.1 Å². The topological polar surface area (TPSA) is 71.2 Å². The number of aromatic hydroxyl groups is 2. The minimum Gasteiger partial charge on any atom is -0.508 e. The Morgan fingerprint density at radius 3 is 2.57 bits per heavy atom. The standard InChI is InChI=1S/C14H10FN3O2S/c15-8-2-1-3-9(6-8)18-13(16-17-14(18)21)11-5-4-10(19)7-12(11)20/h1-7,19-20H,(H,17,21). The maximum Gasteiger partial charge on any atom is 0.193 e.